The smallest absolute Gasteiger partial charge is 0.326 e. The first kappa shape index (κ1) is 28.3. The minimum absolute atomic E-state index is 0.0177. The summed E-state index contributed by atoms with van der Waals surface area (Å²) in [5.74, 6) is -2.06. The van der Waals surface area contributed by atoms with E-state index in [9.17, 15) is 34.8 Å². The molecule has 12 atom stereocenters. The van der Waals surface area contributed by atoms with E-state index >= 15 is 0 Å². The molecule has 1 amide bonds. The predicted molar refractivity (Wildman–Crippen MR) is 134 cm³/mol. The van der Waals surface area contributed by atoms with Gasteiger partial charge < -0.3 is 30.8 Å². The van der Waals surface area contributed by atoms with Crippen LogP contribution in [0.5, 0.6) is 0 Å². The number of nitrogens with one attached hydrogen (secondary N) is 1. The van der Waals surface area contributed by atoms with E-state index in [4.69, 9.17) is 5.11 Å². The van der Waals surface area contributed by atoms with Gasteiger partial charge in [0.15, 0.2) is 0 Å². The Labute approximate surface area is 219 Å². The number of hydrogen-bond acceptors (Lipinski definition) is 6. The second-order valence-corrected chi connectivity index (χ2v) is 13.1. The first-order chi connectivity index (χ1) is 17.3. The van der Waals surface area contributed by atoms with E-state index in [1.54, 1.807) is 0 Å². The van der Waals surface area contributed by atoms with Gasteiger partial charge in [0.1, 0.15) is 6.04 Å². The average Bonchev–Trinajstić information content (AvgIpc) is 3.17. The number of aliphatic carboxylic acids is 2. The van der Waals surface area contributed by atoms with E-state index in [1.807, 2.05) is 0 Å². The summed E-state index contributed by atoms with van der Waals surface area (Å²) < 4.78 is 0. The zero-order valence-electron chi connectivity index (χ0n) is 22.3. The zero-order valence-corrected chi connectivity index (χ0v) is 22.3. The van der Waals surface area contributed by atoms with Gasteiger partial charge >= 0.3 is 11.9 Å². The average molecular weight is 524 g/mol. The third-order valence-electron chi connectivity index (χ3n) is 11.4. The monoisotopic (exact) mass is 523 g/mol. The number of aliphatic hydroxyl groups is 3. The quantitative estimate of drug-likeness (QED) is 0.282. The molecule has 4 aliphatic rings. The molecule has 6 N–H and O–H groups in total. The Hall–Kier alpha value is -1.71. The van der Waals surface area contributed by atoms with Crippen LogP contribution in [0.2, 0.25) is 0 Å². The number of amides is 1. The maximum absolute atomic E-state index is 12.4. The van der Waals surface area contributed by atoms with E-state index in [0.29, 0.717) is 19.3 Å². The van der Waals surface area contributed by atoms with Crippen molar-refractivity contribution in [1.82, 2.24) is 5.32 Å². The highest BCUT2D eigenvalue weighted by molar-refractivity contribution is 5.86. The van der Waals surface area contributed by atoms with Gasteiger partial charge in [-0.3, -0.25) is 9.59 Å². The number of carboxylic acids is 2. The third kappa shape index (κ3) is 5.03. The second kappa shape index (κ2) is 10.5. The predicted octanol–water partition coefficient (Wildman–Crippen LogP) is 2.41. The lowest BCUT2D eigenvalue weighted by Gasteiger charge is -2.63. The Balaban J connectivity index is 1.44. The number of hydrogen-bond donors (Lipinski definition) is 6. The number of rotatable bonds is 8. The largest absolute Gasteiger partial charge is 0.481 e. The van der Waals surface area contributed by atoms with Crippen LogP contribution in [-0.2, 0) is 14.4 Å². The molecule has 9 nitrogen and oxygen atoms in total. The SMILES string of the molecule is C[C@H](CCC(=O)NC(CC(=O)O)C(=O)O)[C@H]1CC[C@H]2[C@@H]3[C@H](O)C[C@@H]4C[C@H](O)CC[C@]4(C)[C@H]3C[C@H](O)[C@]12C. The Morgan fingerprint density at radius 2 is 1.68 bits per heavy atom. The maximum atomic E-state index is 12.4. The minimum Gasteiger partial charge on any atom is -0.481 e. The summed E-state index contributed by atoms with van der Waals surface area (Å²) in [6.45, 7) is 6.55. The number of aliphatic hydroxyl groups excluding tert-OH is 3. The molecule has 4 saturated carbocycles. The fourth-order valence-electron chi connectivity index (χ4n) is 9.33. The van der Waals surface area contributed by atoms with Gasteiger partial charge in [-0.2, -0.15) is 0 Å². The Morgan fingerprint density at radius 3 is 2.32 bits per heavy atom. The fraction of sp³-hybridized carbons (Fsp3) is 0.893. The molecule has 1 unspecified atom stereocenters. The van der Waals surface area contributed by atoms with Crippen molar-refractivity contribution in [3.63, 3.8) is 0 Å². The summed E-state index contributed by atoms with van der Waals surface area (Å²) in [6, 6.07) is -1.45. The van der Waals surface area contributed by atoms with Gasteiger partial charge in [0.2, 0.25) is 5.91 Å². The van der Waals surface area contributed by atoms with Crippen molar-refractivity contribution in [1.29, 1.82) is 0 Å². The van der Waals surface area contributed by atoms with Crippen molar-refractivity contribution in [2.45, 2.75) is 109 Å². The third-order valence-corrected chi connectivity index (χ3v) is 11.4. The molecule has 0 bridgehead atoms. The number of fused-ring (bicyclic) bond motifs is 5. The van der Waals surface area contributed by atoms with Crippen LogP contribution >= 0.6 is 0 Å². The molecular formula is C28H45NO8. The Kier molecular flexibility index (Phi) is 8.00. The maximum Gasteiger partial charge on any atom is 0.326 e. The van der Waals surface area contributed by atoms with Gasteiger partial charge in [-0.1, -0.05) is 20.8 Å². The standard InChI is InChI=1S/C28H45NO8/c1-14(4-7-23(33)29-20(26(36)37)13-24(34)35)17-5-6-18-25-19(12-22(32)28(17,18)3)27(2)9-8-16(30)10-15(27)11-21(25)31/h14-22,25,30-32H,4-13H2,1-3H3,(H,29,33)(H,34,35)(H,36,37)/t14-,15+,16-,17-,18+,19+,20?,21-,22+,25+,27+,28-/m1/s1. The van der Waals surface area contributed by atoms with E-state index in [-0.39, 0.29) is 58.9 Å². The van der Waals surface area contributed by atoms with Crippen LogP contribution in [0, 0.1) is 46.3 Å². The van der Waals surface area contributed by atoms with E-state index in [0.717, 1.165) is 32.1 Å². The highest BCUT2D eigenvalue weighted by Crippen LogP contribution is 2.68. The van der Waals surface area contributed by atoms with Crippen LogP contribution in [0.1, 0.15) is 85.0 Å². The molecule has 0 spiro atoms. The molecule has 0 aromatic rings. The summed E-state index contributed by atoms with van der Waals surface area (Å²) in [6.07, 6.45) is 4.31. The molecule has 0 aromatic heterocycles. The molecule has 9 heteroatoms. The molecule has 0 saturated heterocycles. The molecule has 0 aromatic carbocycles. The molecule has 0 heterocycles. The highest BCUT2D eigenvalue weighted by Gasteiger charge is 2.65. The Morgan fingerprint density at radius 1 is 0.973 bits per heavy atom. The van der Waals surface area contributed by atoms with Crippen LogP contribution < -0.4 is 5.32 Å². The summed E-state index contributed by atoms with van der Waals surface area (Å²) in [7, 11) is 0. The van der Waals surface area contributed by atoms with Gasteiger partial charge in [0, 0.05) is 6.42 Å². The van der Waals surface area contributed by atoms with Gasteiger partial charge in [0.25, 0.3) is 0 Å². The second-order valence-electron chi connectivity index (χ2n) is 13.1. The normalized spacial score (nSPS) is 44.6. The number of carboxylic acid groups (broad SMARTS) is 2. The first-order valence-corrected chi connectivity index (χ1v) is 14.1. The molecule has 210 valence electrons. The molecule has 4 aliphatic carbocycles. The first-order valence-electron chi connectivity index (χ1n) is 14.1. The van der Waals surface area contributed by atoms with E-state index in [2.05, 4.69) is 26.1 Å². The van der Waals surface area contributed by atoms with Crippen molar-refractivity contribution < 1.29 is 39.9 Å². The summed E-state index contributed by atoms with van der Waals surface area (Å²) >= 11 is 0. The lowest BCUT2D eigenvalue weighted by molar-refractivity contribution is -0.207. The molecule has 0 radical (unpaired) electrons. The van der Waals surface area contributed by atoms with Crippen LogP contribution in [0.25, 0.3) is 0 Å². The summed E-state index contributed by atoms with van der Waals surface area (Å²) in [5, 5.41) is 53.7. The molecule has 37 heavy (non-hydrogen) atoms. The lowest BCUT2D eigenvalue weighted by atomic mass is 9.43. The van der Waals surface area contributed by atoms with Gasteiger partial charge in [-0.05, 0) is 97.7 Å². The highest BCUT2D eigenvalue weighted by atomic mass is 16.4. The molecule has 0 aliphatic heterocycles. The van der Waals surface area contributed by atoms with Crippen LogP contribution in [-0.4, -0.2) is 67.7 Å². The molecule has 4 fully saturated rings. The Bertz CT molecular complexity index is 895. The minimum atomic E-state index is -1.45. The van der Waals surface area contributed by atoms with Crippen molar-refractivity contribution in [2.24, 2.45) is 46.3 Å². The summed E-state index contributed by atoms with van der Waals surface area (Å²) in [4.78, 5) is 34.6. The van der Waals surface area contributed by atoms with E-state index < -0.39 is 42.5 Å². The van der Waals surface area contributed by atoms with Crippen LogP contribution in [0.3, 0.4) is 0 Å². The van der Waals surface area contributed by atoms with Crippen molar-refractivity contribution in [2.75, 3.05) is 0 Å². The zero-order chi connectivity index (χ0) is 27.3. The van der Waals surface area contributed by atoms with Crippen molar-refractivity contribution >= 4 is 17.8 Å². The fourth-order valence-corrected chi connectivity index (χ4v) is 9.33. The number of carbonyl (C=O) groups excluding carboxylic acids is 1. The molecular weight excluding hydrogens is 478 g/mol. The lowest BCUT2D eigenvalue weighted by Crippen LogP contribution is -2.62. The summed E-state index contributed by atoms with van der Waals surface area (Å²) in [5.41, 5.74) is -0.355. The van der Waals surface area contributed by atoms with Crippen molar-refractivity contribution in [3.05, 3.63) is 0 Å². The van der Waals surface area contributed by atoms with Gasteiger partial charge in [-0.15, -0.1) is 0 Å². The number of carbonyl (C=O) groups is 3. The van der Waals surface area contributed by atoms with E-state index in [1.165, 1.54) is 0 Å². The van der Waals surface area contributed by atoms with Gasteiger partial charge in [-0.25, -0.2) is 4.79 Å². The van der Waals surface area contributed by atoms with Crippen LogP contribution in [0.15, 0.2) is 0 Å². The molecule has 4 rings (SSSR count). The topological polar surface area (TPSA) is 164 Å². The van der Waals surface area contributed by atoms with Crippen molar-refractivity contribution in [3.8, 4) is 0 Å². The van der Waals surface area contributed by atoms with Crippen LogP contribution in [0.4, 0.5) is 0 Å². The van der Waals surface area contributed by atoms with Gasteiger partial charge in [0.05, 0.1) is 24.7 Å².